The van der Waals surface area contributed by atoms with Gasteiger partial charge in [0, 0.05) is 48.0 Å². The predicted molar refractivity (Wildman–Crippen MR) is 83.7 cm³/mol. The van der Waals surface area contributed by atoms with E-state index in [4.69, 9.17) is 0 Å². The fourth-order valence-corrected chi connectivity index (χ4v) is 3.68. The van der Waals surface area contributed by atoms with Crippen molar-refractivity contribution in [2.24, 2.45) is 0 Å². The molecule has 0 spiro atoms. The van der Waals surface area contributed by atoms with E-state index in [1.165, 1.54) is 0 Å². The van der Waals surface area contributed by atoms with Gasteiger partial charge in [-0.3, -0.25) is 13.8 Å². The Kier molecular flexibility index (Phi) is 4.93. The lowest BCUT2D eigenvalue weighted by Gasteiger charge is -2.37. The second-order valence-corrected chi connectivity index (χ2v) is 8.12. The first kappa shape index (κ1) is 15.9. The van der Waals surface area contributed by atoms with Crippen LogP contribution in [0.3, 0.4) is 0 Å². The average Bonchev–Trinajstić information content (AvgIpc) is 2.48. The molecule has 1 aromatic rings. The molecule has 1 aliphatic rings. The number of rotatable bonds is 4. The summed E-state index contributed by atoms with van der Waals surface area (Å²) in [6.45, 7) is 4.85. The summed E-state index contributed by atoms with van der Waals surface area (Å²) in [4.78, 5) is 25.9. The van der Waals surface area contributed by atoms with Crippen LogP contribution in [0.5, 0.6) is 0 Å². The number of hydrogen-bond donors (Lipinski definition) is 0. The van der Waals surface area contributed by atoms with Gasteiger partial charge in [-0.2, -0.15) is 0 Å². The molecule has 0 saturated carbocycles. The van der Waals surface area contributed by atoms with Gasteiger partial charge in [-0.1, -0.05) is 30.3 Å². The molecule has 0 bridgehead atoms. The minimum Gasteiger partial charge on any atom is -0.340 e. The van der Waals surface area contributed by atoms with E-state index in [1.54, 1.807) is 17.0 Å². The summed E-state index contributed by atoms with van der Waals surface area (Å²) in [5, 5.41) is 0. The van der Waals surface area contributed by atoms with Gasteiger partial charge in [-0.05, 0) is 13.8 Å². The van der Waals surface area contributed by atoms with Crippen molar-refractivity contribution < 1.29 is 13.8 Å². The Labute approximate surface area is 128 Å². The van der Waals surface area contributed by atoms with E-state index >= 15 is 0 Å². The Hall–Kier alpha value is -1.49. The number of benzene rings is 1. The van der Waals surface area contributed by atoms with Crippen LogP contribution < -0.4 is 0 Å². The molecule has 0 aromatic heterocycles. The monoisotopic (exact) mass is 307 g/mol. The Morgan fingerprint density at radius 1 is 1.19 bits per heavy atom. The molecule has 0 radical (unpaired) electrons. The van der Waals surface area contributed by atoms with Crippen molar-refractivity contribution in [1.82, 2.24) is 4.90 Å². The summed E-state index contributed by atoms with van der Waals surface area (Å²) in [5.74, 6) is 0.485. The minimum absolute atomic E-state index is 0.0104. The number of Topliss-reactive ketones (excluding diaryl/α,β-unsaturated/α-hetero) is 1. The number of nitrogens with zero attached hydrogens (tertiary/aromatic N) is 1. The molecule has 1 amide bonds. The highest BCUT2D eigenvalue weighted by Gasteiger charge is 2.34. The molecule has 2 rings (SSSR count). The second-order valence-electron chi connectivity index (χ2n) is 5.91. The van der Waals surface area contributed by atoms with Crippen LogP contribution in [0.2, 0.25) is 0 Å². The van der Waals surface area contributed by atoms with Gasteiger partial charge in [-0.25, -0.2) is 0 Å². The van der Waals surface area contributed by atoms with Gasteiger partial charge in [0.15, 0.2) is 5.78 Å². The van der Waals surface area contributed by atoms with Gasteiger partial charge < -0.3 is 4.90 Å². The van der Waals surface area contributed by atoms with Gasteiger partial charge in [0.05, 0.1) is 4.75 Å². The maximum atomic E-state index is 12.2. The van der Waals surface area contributed by atoms with Crippen LogP contribution in [0.4, 0.5) is 0 Å². The number of carbonyl (C=O) groups is 2. The molecule has 21 heavy (non-hydrogen) atoms. The lowest BCUT2D eigenvalue weighted by atomic mass is 10.1. The smallest absolute Gasteiger partial charge is 0.223 e. The van der Waals surface area contributed by atoms with E-state index in [-0.39, 0.29) is 29.3 Å². The SMILES string of the molecule is CC1(C)CN(C(=O)CCC(=O)c2ccccc2)CC[S@]1=O. The molecule has 4 nitrogen and oxygen atoms in total. The van der Waals surface area contributed by atoms with Crippen LogP contribution in [0.15, 0.2) is 30.3 Å². The summed E-state index contributed by atoms with van der Waals surface area (Å²) in [7, 11) is -0.891. The summed E-state index contributed by atoms with van der Waals surface area (Å²) in [6, 6.07) is 9.02. The third kappa shape index (κ3) is 4.00. The molecule has 0 aliphatic carbocycles. The molecule has 1 saturated heterocycles. The van der Waals surface area contributed by atoms with Crippen molar-refractivity contribution in [3.63, 3.8) is 0 Å². The second kappa shape index (κ2) is 6.52. The van der Waals surface area contributed by atoms with Crippen molar-refractivity contribution in [1.29, 1.82) is 0 Å². The number of carbonyl (C=O) groups excluding carboxylic acids is 2. The fraction of sp³-hybridized carbons (Fsp3) is 0.500. The third-order valence-electron chi connectivity index (χ3n) is 3.75. The number of amides is 1. The van der Waals surface area contributed by atoms with Crippen molar-refractivity contribution in [3.8, 4) is 0 Å². The van der Waals surface area contributed by atoms with Crippen LogP contribution in [0, 0.1) is 0 Å². The molecule has 1 atom stereocenters. The van der Waals surface area contributed by atoms with Crippen LogP contribution in [0.1, 0.15) is 37.0 Å². The van der Waals surface area contributed by atoms with E-state index in [9.17, 15) is 13.8 Å². The molecule has 5 heteroatoms. The fourth-order valence-electron chi connectivity index (χ4n) is 2.44. The van der Waals surface area contributed by atoms with Gasteiger partial charge in [0.25, 0.3) is 0 Å². The zero-order valence-electron chi connectivity index (χ0n) is 12.5. The first-order chi connectivity index (χ1) is 9.90. The summed E-state index contributed by atoms with van der Waals surface area (Å²) in [5.41, 5.74) is 0.644. The normalized spacial score (nSPS) is 21.0. The maximum absolute atomic E-state index is 12.2. The summed E-state index contributed by atoms with van der Waals surface area (Å²) >= 11 is 0. The maximum Gasteiger partial charge on any atom is 0.223 e. The zero-order valence-corrected chi connectivity index (χ0v) is 13.3. The van der Waals surface area contributed by atoms with Gasteiger partial charge in [0.2, 0.25) is 5.91 Å². The topological polar surface area (TPSA) is 54.5 Å². The Bertz CT molecular complexity index is 554. The molecule has 0 unspecified atom stereocenters. The quantitative estimate of drug-likeness (QED) is 0.800. The molecular formula is C16H21NO3S. The van der Waals surface area contributed by atoms with Gasteiger partial charge in [-0.15, -0.1) is 0 Å². The van der Waals surface area contributed by atoms with Crippen LogP contribution in [-0.2, 0) is 15.6 Å². The number of ketones is 1. The van der Waals surface area contributed by atoms with Gasteiger partial charge in [0.1, 0.15) is 0 Å². The lowest BCUT2D eigenvalue weighted by Crippen LogP contribution is -2.52. The van der Waals surface area contributed by atoms with Crippen molar-refractivity contribution >= 4 is 22.5 Å². The molecule has 1 heterocycles. The Morgan fingerprint density at radius 3 is 2.48 bits per heavy atom. The van der Waals surface area contributed by atoms with E-state index in [1.807, 2.05) is 32.0 Å². The standard InChI is InChI=1S/C16H21NO3S/c1-16(2)12-17(10-11-21(16)20)15(19)9-8-14(18)13-6-4-3-5-7-13/h3-7H,8-12H2,1-2H3/t21-/m1/s1. The zero-order chi connectivity index (χ0) is 15.5. The van der Waals surface area contributed by atoms with E-state index in [0.717, 1.165) is 0 Å². The molecule has 1 fully saturated rings. The highest BCUT2D eigenvalue weighted by atomic mass is 32.2. The van der Waals surface area contributed by atoms with E-state index < -0.39 is 10.8 Å². The van der Waals surface area contributed by atoms with Gasteiger partial charge >= 0.3 is 0 Å². The molecule has 114 valence electrons. The first-order valence-electron chi connectivity index (χ1n) is 7.15. The predicted octanol–water partition coefficient (Wildman–Crippen LogP) is 2.02. The molecule has 1 aromatic carbocycles. The average molecular weight is 307 g/mol. The van der Waals surface area contributed by atoms with E-state index in [0.29, 0.717) is 24.4 Å². The Balaban J connectivity index is 1.88. The van der Waals surface area contributed by atoms with Crippen molar-refractivity contribution in [2.45, 2.75) is 31.4 Å². The largest absolute Gasteiger partial charge is 0.340 e. The summed E-state index contributed by atoms with van der Waals surface area (Å²) in [6.07, 6.45) is 0.444. The van der Waals surface area contributed by atoms with Crippen LogP contribution in [0.25, 0.3) is 0 Å². The minimum atomic E-state index is -0.891. The van der Waals surface area contributed by atoms with Crippen molar-refractivity contribution in [2.75, 3.05) is 18.8 Å². The van der Waals surface area contributed by atoms with E-state index in [2.05, 4.69) is 0 Å². The third-order valence-corrected chi connectivity index (χ3v) is 5.66. The molecular weight excluding hydrogens is 286 g/mol. The molecule has 0 N–H and O–H groups in total. The molecule has 1 aliphatic heterocycles. The highest BCUT2D eigenvalue weighted by molar-refractivity contribution is 7.86. The Morgan fingerprint density at radius 2 is 1.86 bits per heavy atom. The van der Waals surface area contributed by atoms with Crippen molar-refractivity contribution in [3.05, 3.63) is 35.9 Å². The first-order valence-corrected chi connectivity index (χ1v) is 8.46. The summed E-state index contributed by atoms with van der Waals surface area (Å²) < 4.78 is 11.5. The van der Waals surface area contributed by atoms with Crippen LogP contribution >= 0.6 is 0 Å². The highest BCUT2D eigenvalue weighted by Crippen LogP contribution is 2.21. The number of hydrogen-bond acceptors (Lipinski definition) is 3. The van der Waals surface area contributed by atoms with Crippen LogP contribution in [-0.4, -0.2) is 44.4 Å². The lowest BCUT2D eigenvalue weighted by molar-refractivity contribution is -0.131.